The van der Waals surface area contributed by atoms with E-state index in [0.717, 1.165) is 22.3 Å². The Bertz CT molecular complexity index is 343. The summed E-state index contributed by atoms with van der Waals surface area (Å²) < 4.78 is 5.15. The van der Waals surface area contributed by atoms with Crippen molar-refractivity contribution in [2.75, 3.05) is 12.4 Å². The van der Waals surface area contributed by atoms with Crippen LogP contribution in [-0.4, -0.2) is 38.4 Å². The zero-order valence-corrected chi connectivity index (χ0v) is 12.5. The number of rotatable bonds is 7. The van der Waals surface area contributed by atoms with E-state index in [1.807, 2.05) is 6.92 Å². The molecule has 6 heteroatoms. The minimum absolute atomic E-state index is 0.154. The Kier molecular flexibility index (Phi) is 5.85. The second-order valence-corrected chi connectivity index (χ2v) is 6.82. The third-order valence-corrected chi connectivity index (χ3v) is 4.30. The second kappa shape index (κ2) is 6.68. The number of aryl methyl sites for hydroxylation is 1. The summed E-state index contributed by atoms with van der Waals surface area (Å²) in [6.07, 6.45) is 0.908. The lowest BCUT2D eigenvalue weighted by atomic mass is 9.99. The highest BCUT2D eigenvalue weighted by Crippen LogP contribution is 2.23. The van der Waals surface area contributed by atoms with Gasteiger partial charge in [0.05, 0.1) is 6.61 Å². The standard InChI is InChI=1S/C11H21N3OS2/c1-8(2)13-11(4,7-15)5-6-16-10-12-9(3)14-17-10/h8,13,15H,5-7H2,1-4H3. The summed E-state index contributed by atoms with van der Waals surface area (Å²) in [6.45, 7) is 8.29. The van der Waals surface area contributed by atoms with Gasteiger partial charge in [-0.25, -0.2) is 4.98 Å². The molecule has 0 saturated carbocycles. The molecular formula is C11H21N3OS2. The molecular weight excluding hydrogens is 254 g/mol. The quantitative estimate of drug-likeness (QED) is 0.746. The molecule has 0 bridgehead atoms. The third-order valence-electron chi connectivity index (χ3n) is 2.37. The monoisotopic (exact) mass is 275 g/mol. The summed E-state index contributed by atoms with van der Waals surface area (Å²) in [5, 5.41) is 12.8. The molecule has 0 aliphatic rings. The van der Waals surface area contributed by atoms with Gasteiger partial charge in [-0.05, 0) is 31.8 Å². The molecule has 0 fully saturated rings. The first-order valence-electron chi connectivity index (χ1n) is 5.77. The number of aliphatic hydroxyl groups excluding tert-OH is 1. The van der Waals surface area contributed by atoms with Crippen LogP contribution in [0, 0.1) is 6.92 Å². The molecule has 17 heavy (non-hydrogen) atoms. The summed E-state index contributed by atoms with van der Waals surface area (Å²) >= 11 is 3.14. The van der Waals surface area contributed by atoms with Crippen molar-refractivity contribution in [3.63, 3.8) is 0 Å². The minimum Gasteiger partial charge on any atom is -0.394 e. The number of aromatic nitrogens is 2. The number of nitrogens with one attached hydrogen (secondary N) is 1. The Morgan fingerprint density at radius 1 is 1.53 bits per heavy atom. The van der Waals surface area contributed by atoms with Gasteiger partial charge in [0.2, 0.25) is 0 Å². The highest BCUT2D eigenvalue weighted by molar-refractivity contribution is 8.00. The average Bonchev–Trinajstić information content (AvgIpc) is 2.63. The maximum absolute atomic E-state index is 9.44. The molecule has 1 atom stereocenters. The summed E-state index contributed by atoms with van der Waals surface area (Å²) in [5.74, 6) is 1.77. The number of thioether (sulfide) groups is 1. The van der Waals surface area contributed by atoms with Crippen molar-refractivity contribution >= 4 is 23.3 Å². The Hall–Kier alpha value is -0.170. The highest BCUT2D eigenvalue weighted by Gasteiger charge is 2.23. The van der Waals surface area contributed by atoms with Crippen molar-refractivity contribution in [2.24, 2.45) is 0 Å². The summed E-state index contributed by atoms with van der Waals surface area (Å²) in [7, 11) is 0. The predicted molar refractivity (Wildman–Crippen MR) is 73.7 cm³/mol. The molecule has 1 aromatic rings. The van der Waals surface area contributed by atoms with Gasteiger partial charge in [-0.3, -0.25) is 0 Å². The maximum Gasteiger partial charge on any atom is 0.170 e. The van der Waals surface area contributed by atoms with Crippen molar-refractivity contribution in [3.8, 4) is 0 Å². The lowest BCUT2D eigenvalue weighted by Crippen LogP contribution is -2.49. The molecule has 0 aliphatic carbocycles. The van der Waals surface area contributed by atoms with E-state index in [9.17, 15) is 5.11 Å². The molecule has 1 aromatic heterocycles. The van der Waals surface area contributed by atoms with Gasteiger partial charge in [0.15, 0.2) is 4.34 Å². The number of hydrogen-bond acceptors (Lipinski definition) is 6. The lowest BCUT2D eigenvalue weighted by molar-refractivity contribution is 0.162. The first kappa shape index (κ1) is 14.9. The molecule has 2 N–H and O–H groups in total. The molecule has 1 unspecified atom stereocenters. The van der Waals surface area contributed by atoms with Crippen molar-refractivity contribution in [1.82, 2.24) is 14.7 Å². The summed E-state index contributed by atoms with van der Waals surface area (Å²) in [4.78, 5) is 4.30. The van der Waals surface area contributed by atoms with Gasteiger partial charge in [0.25, 0.3) is 0 Å². The van der Waals surface area contributed by atoms with Crippen LogP contribution in [0.4, 0.5) is 0 Å². The molecule has 0 aromatic carbocycles. The average molecular weight is 275 g/mol. The zero-order valence-electron chi connectivity index (χ0n) is 10.9. The minimum atomic E-state index is -0.207. The van der Waals surface area contributed by atoms with E-state index < -0.39 is 0 Å². The molecule has 1 rings (SSSR count). The number of nitrogens with zero attached hydrogens (tertiary/aromatic N) is 2. The normalized spacial score (nSPS) is 15.2. The van der Waals surface area contributed by atoms with Crippen molar-refractivity contribution in [2.45, 2.75) is 50.0 Å². The van der Waals surface area contributed by atoms with Crippen LogP contribution in [-0.2, 0) is 0 Å². The van der Waals surface area contributed by atoms with Crippen LogP contribution in [0.5, 0.6) is 0 Å². The van der Waals surface area contributed by atoms with Crippen molar-refractivity contribution in [1.29, 1.82) is 0 Å². The molecule has 0 radical (unpaired) electrons. The molecule has 0 spiro atoms. The van der Waals surface area contributed by atoms with Gasteiger partial charge in [0.1, 0.15) is 5.82 Å². The van der Waals surface area contributed by atoms with Crippen LogP contribution in [0.3, 0.4) is 0 Å². The SMILES string of the molecule is Cc1nsc(SCCC(C)(CO)NC(C)C)n1. The summed E-state index contributed by atoms with van der Waals surface area (Å²) in [6, 6.07) is 0.376. The van der Waals surface area contributed by atoms with Crippen LogP contribution >= 0.6 is 23.3 Å². The first-order valence-corrected chi connectivity index (χ1v) is 7.53. The van der Waals surface area contributed by atoms with Gasteiger partial charge < -0.3 is 10.4 Å². The van der Waals surface area contributed by atoms with Crippen molar-refractivity contribution < 1.29 is 5.11 Å². The van der Waals surface area contributed by atoms with Crippen molar-refractivity contribution in [3.05, 3.63) is 5.82 Å². The van der Waals surface area contributed by atoms with Gasteiger partial charge in [-0.2, -0.15) is 4.37 Å². The molecule has 0 saturated heterocycles. The Labute approximate surface area is 111 Å². The smallest absolute Gasteiger partial charge is 0.170 e. The van der Waals surface area contributed by atoms with E-state index in [0.29, 0.717) is 6.04 Å². The van der Waals surface area contributed by atoms with Gasteiger partial charge in [-0.1, -0.05) is 25.6 Å². The largest absolute Gasteiger partial charge is 0.394 e. The van der Waals surface area contributed by atoms with Gasteiger partial charge in [0, 0.05) is 17.3 Å². The Morgan fingerprint density at radius 3 is 2.71 bits per heavy atom. The van der Waals surface area contributed by atoms with E-state index in [2.05, 4.69) is 35.4 Å². The molecule has 1 heterocycles. The Morgan fingerprint density at radius 2 is 2.24 bits per heavy atom. The highest BCUT2D eigenvalue weighted by atomic mass is 32.2. The van der Waals surface area contributed by atoms with Gasteiger partial charge in [-0.15, -0.1) is 0 Å². The molecule has 98 valence electrons. The maximum atomic E-state index is 9.44. The molecule has 0 aliphatic heterocycles. The van der Waals surface area contributed by atoms with Gasteiger partial charge >= 0.3 is 0 Å². The van der Waals surface area contributed by atoms with Crippen LogP contribution in [0.15, 0.2) is 4.34 Å². The fourth-order valence-corrected chi connectivity index (χ4v) is 3.51. The fourth-order valence-electron chi connectivity index (χ4n) is 1.59. The fraction of sp³-hybridized carbons (Fsp3) is 0.818. The van der Waals surface area contributed by atoms with Crippen LogP contribution < -0.4 is 5.32 Å². The van der Waals surface area contributed by atoms with E-state index in [-0.39, 0.29) is 12.1 Å². The predicted octanol–water partition coefficient (Wildman–Crippen LogP) is 2.08. The van der Waals surface area contributed by atoms with Crippen LogP contribution in [0.1, 0.15) is 33.0 Å². The van der Waals surface area contributed by atoms with E-state index in [4.69, 9.17) is 0 Å². The first-order chi connectivity index (χ1) is 7.95. The Balaban J connectivity index is 2.37. The van der Waals surface area contributed by atoms with E-state index in [1.54, 1.807) is 11.8 Å². The second-order valence-electron chi connectivity index (χ2n) is 4.72. The lowest BCUT2D eigenvalue weighted by Gasteiger charge is -2.30. The van der Waals surface area contributed by atoms with E-state index in [1.165, 1.54) is 11.5 Å². The van der Waals surface area contributed by atoms with Crippen LogP contribution in [0.25, 0.3) is 0 Å². The summed E-state index contributed by atoms with van der Waals surface area (Å²) in [5.41, 5.74) is -0.207. The zero-order chi connectivity index (χ0) is 12.9. The third kappa shape index (κ3) is 5.33. The van der Waals surface area contributed by atoms with Crippen LogP contribution in [0.2, 0.25) is 0 Å². The molecule has 4 nitrogen and oxygen atoms in total. The molecule has 0 amide bonds. The van der Waals surface area contributed by atoms with E-state index >= 15 is 0 Å². The number of aliphatic hydroxyl groups is 1. The number of hydrogen-bond donors (Lipinski definition) is 2. The topological polar surface area (TPSA) is 58.0 Å².